The lowest BCUT2D eigenvalue weighted by Crippen LogP contribution is -2.59. The van der Waals surface area contributed by atoms with Crippen LogP contribution in [0.5, 0.6) is 0 Å². The molecule has 3 rings (SSSR count). The van der Waals surface area contributed by atoms with E-state index in [2.05, 4.69) is 33.1 Å². The molecule has 1 saturated heterocycles. The number of rotatable bonds is 4. The molecule has 1 aliphatic heterocycles. The maximum Gasteiger partial charge on any atom is 0.238 e. The number of hydrogen-bond acceptors (Lipinski definition) is 5. The lowest BCUT2D eigenvalue weighted by Gasteiger charge is -2.28. The third kappa shape index (κ3) is 3.94. The van der Waals surface area contributed by atoms with Gasteiger partial charge in [-0.05, 0) is 31.5 Å². The van der Waals surface area contributed by atoms with Crippen LogP contribution in [0.2, 0.25) is 0 Å². The van der Waals surface area contributed by atoms with Crippen molar-refractivity contribution in [3.63, 3.8) is 0 Å². The van der Waals surface area contributed by atoms with E-state index in [-0.39, 0.29) is 11.9 Å². The lowest BCUT2D eigenvalue weighted by atomic mass is 10.1. The number of amides is 1. The summed E-state index contributed by atoms with van der Waals surface area (Å²) in [6.07, 6.45) is 1.72. The van der Waals surface area contributed by atoms with Crippen LogP contribution in [0.1, 0.15) is 18.2 Å². The van der Waals surface area contributed by atoms with Crippen LogP contribution in [-0.2, 0) is 11.3 Å². The number of nitrogens with zero attached hydrogens (tertiary/aromatic N) is 3. The minimum atomic E-state index is -0.172. The van der Waals surface area contributed by atoms with Gasteiger partial charge in [0.2, 0.25) is 5.91 Å². The topological polar surface area (TPSA) is 83.9 Å². The second kappa shape index (κ2) is 6.89. The quantitative estimate of drug-likeness (QED) is 0.748. The van der Waals surface area contributed by atoms with Gasteiger partial charge >= 0.3 is 0 Å². The zero-order valence-electron chi connectivity index (χ0n) is 13.4. The number of carbonyl (C=O) groups is 1. The molecule has 23 heavy (non-hydrogen) atoms. The average molecular weight is 314 g/mol. The average Bonchev–Trinajstić information content (AvgIpc) is 2.99. The lowest BCUT2D eigenvalue weighted by molar-refractivity contribution is -0.123. The van der Waals surface area contributed by atoms with Gasteiger partial charge in [0.05, 0.1) is 23.6 Å². The largest absolute Gasteiger partial charge is 0.351 e. The van der Waals surface area contributed by atoms with Crippen LogP contribution >= 0.6 is 0 Å². The monoisotopic (exact) mass is 314 g/mol. The molecule has 0 radical (unpaired) electrons. The highest BCUT2D eigenvalue weighted by atomic mass is 16.2. The maximum atomic E-state index is 12.2. The van der Waals surface area contributed by atoms with E-state index in [1.54, 1.807) is 11.0 Å². The van der Waals surface area contributed by atoms with Crippen molar-refractivity contribution in [1.29, 1.82) is 0 Å². The number of carbonyl (C=O) groups excluding carboxylic acids is 1. The van der Waals surface area contributed by atoms with Crippen LogP contribution in [0, 0.1) is 6.92 Å². The van der Waals surface area contributed by atoms with Gasteiger partial charge in [0, 0.05) is 25.7 Å². The fourth-order valence-corrected chi connectivity index (χ4v) is 2.60. The molecule has 1 fully saturated rings. The number of aromatic nitrogens is 3. The van der Waals surface area contributed by atoms with Gasteiger partial charge in [-0.25, -0.2) is 0 Å². The van der Waals surface area contributed by atoms with Crippen LogP contribution in [0.3, 0.4) is 0 Å². The number of aryl methyl sites for hydroxylation is 1. The van der Waals surface area contributed by atoms with Crippen molar-refractivity contribution in [2.24, 2.45) is 0 Å². The standard InChI is InChI=1S/C16H22N6O/c1-11-7-17-10-15(20-11)16(23)18-9-13-3-5-14(6-4-13)22-19-8-12(2)21-22/h3-6,8,11,15,17,20H,7,9-10H2,1-2H3,(H,18,23). The summed E-state index contributed by atoms with van der Waals surface area (Å²) in [6, 6.07) is 7.98. The summed E-state index contributed by atoms with van der Waals surface area (Å²) in [5.74, 6) is 0.0255. The van der Waals surface area contributed by atoms with E-state index in [4.69, 9.17) is 0 Å². The van der Waals surface area contributed by atoms with E-state index in [1.165, 1.54) is 0 Å². The molecule has 3 N–H and O–H groups in total. The van der Waals surface area contributed by atoms with E-state index >= 15 is 0 Å². The maximum absolute atomic E-state index is 12.2. The fourth-order valence-electron chi connectivity index (χ4n) is 2.60. The van der Waals surface area contributed by atoms with E-state index in [0.29, 0.717) is 19.1 Å². The molecule has 0 bridgehead atoms. The Balaban J connectivity index is 1.55. The summed E-state index contributed by atoms with van der Waals surface area (Å²) in [6.45, 7) is 6.04. The highest BCUT2D eigenvalue weighted by Crippen LogP contribution is 2.08. The molecule has 0 spiro atoms. The molecule has 2 atom stereocenters. The van der Waals surface area contributed by atoms with Crippen molar-refractivity contribution in [3.05, 3.63) is 41.7 Å². The van der Waals surface area contributed by atoms with Crippen LogP contribution < -0.4 is 16.0 Å². The van der Waals surface area contributed by atoms with Gasteiger partial charge in [0.15, 0.2) is 0 Å². The summed E-state index contributed by atoms with van der Waals surface area (Å²) in [4.78, 5) is 13.8. The molecule has 7 heteroatoms. The predicted molar refractivity (Wildman–Crippen MR) is 87.2 cm³/mol. The molecule has 7 nitrogen and oxygen atoms in total. The van der Waals surface area contributed by atoms with Crippen molar-refractivity contribution in [3.8, 4) is 5.69 Å². The summed E-state index contributed by atoms with van der Waals surface area (Å²) in [7, 11) is 0. The van der Waals surface area contributed by atoms with Crippen LogP contribution in [0.4, 0.5) is 0 Å². The smallest absolute Gasteiger partial charge is 0.238 e. The normalized spacial score (nSPS) is 21.1. The summed E-state index contributed by atoms with van der Waals surface area (Å²) in [5, 5.41) is 18.0. The Morgan fingerprint density at radius 1 is 1.35 bits per heavy atom. The van der Waals surface area contributed by atoms with Crippen molar-refractivity contribution < 1.29 is 4.79 Å². The highest BCUT2D eigenvalue weighted by Gasteiger charge is 2.23. The Morgan fingerprint density at radius 2 is 2.13 bits per heavy atom. The minimum Gasteiger partial charge on any atom is -0.351 e. The first-order valence-corrected chi connectivity index (χ1v) is 7.84. The van der Waals surface area contributed by atoms with Gasteiger partial charge in [0.1, 0.15) is 0 Å². The molecular formula is C16H22N6O. The van der Waals surface area contributed by atoms with E-state index in [0.717, 1.165) is 23.5 Å². The number of piperazine rings is 1. The van der Waals surface area contributed by atoms with Gasteiger partial charge in [-0.1, -0.05) is 12.1 Å². The van der Waals surface area contributed by atoms with Gasteiger partial charge in [-0.15, -0.1) is 0 Å². The molecule has 1 aliphatic rings. The van der Waals surface area contributed by atoms with Crippen LogP contribution in [-0.4, -0.2) is 46.1 Å². The number of benzene rings is 1. The van der Waals surface area contributed by atoms with Crippen LogP contribution in [0.25, 0.3) is 5.69 Å². The Hall–Kier alpha value is -2.25. The van der Waals surface area contributed by atoms with Crippen molar-refractivity contribution >= 4 is 5.91 Å². The third-order valence-electron chi connectivity index (χ3n) is 3.84. The first-order chi connectivity index (χ1) is 11.1. The second-order valence-corrected chi connectivity index (χ2v) is 5.94. The first kappa shape index (κ1) is 15.6. The van der Waals surface area contributed by atoms with Gasteiger partial charge in [0.25, 0.3) is 0 Å². The molecule has 1 aromatic heterocycles. The molecule has 2 unspecified atom stereocenters. The van der Waals surface area contributed by atoms with Crippen molar-refractivity contribution in [2.75, 3.05) is 13.1 Å². The minimum absolute atomic E-state index is 0.0255. The van der Waals surface area contributed by atoms with E-state index < -0.39 is 0 Å². The third-order valence-corrected chi connectivity index (χ3v) is 3.84. The zero-order valence-corrected chi connectivity index (χ0v) is 13.4. The van der Waals surface area contributed by atoms with Crippen molar-refractivity contribution in [2.45, 2.75) is 32.5 Å². The molecule has 0 saturated carbocycles. The Bertz CT molecular complexity index is 665. The molecule has 1 amide bonds. The molecule has 0 aliphatic carbocycles. The molecular weight excluding hydrogens is 292 g/mol. The Kier molecular flexibility index (Phi) is 4.68. The second-order valence-electron chi connectivity index (χ2n) is 5.94. The van der Waals surface area contributed by atoms with Crippen molar-refractivity contribution in [1.82, 2.24) is 30.9 Å². The molecule has 1 aromatic carbocycles. The highest BCUT2D eigenvalue weighted by molar-refractivity contribution is 5.82. The van der Waals surface area contributed by atoms with E-state index in [1.807, 2.05) is 31.2 Å². The number of nitrogens with one attached hydrogen (secondary N) is 3. The first-order valence-electron chi connectivity index (χ1n) is 7.84. The van der Waals surface area contributed by atoms with E-state index in [9.17, 15) is 4.79 Å². The van der Waals surface area contributed by atoms with Gasteiger partial charge < -0.3 is 16.0 Å². The van der Waals surface area contributed by atoms with Crippen LogP contribution in [0.15, 0.2) is 30.5 Å². The molecule has 2 aromatic rings. The predicted octanol–water partition coefficient (Wildman–Crippen LogP) is 0.142. The Morgan fingerprint density at radius 3 is 2.78 bits per heavy atom. The van der Waals surface area contributed by atoms with Gasteiger partial charge in [-0.2, -0.15) is 15.0 Å². The van der Waals surface area contributed by atoms with Gasteiger partial charge in [-0.3, -0.25) is 4.79 Å². The Labute approximate surface area is 135 Å². The number of hydrogen-bond donors (Lipinski definition) is 3. The summed E-state index contributed by atoms with van der Waals surface area (Å²) < 4.78 is 0. The zero-order chi connectivity index (χ0) is 16.2. The SMILES string of the molecule is Cc1cnn(-c2ccc(CNC(=O)C3CNCC(C)N3)cc2)n1. The molecule has 2 heterocycles. The fraction of sp³-hybridized carbons (Fsp3) is 0.438. The summed E-state index contributed by atoms with van der Waals surface area (Å²) in [5.41, 5.74) is 2.83. The summed E-state index contributed by atoms with van der Waals surface area (Å²) >= 11 is 0. The molecule has 122 valence electrons.